The van der Waals surface area contributed by atoms with Crippen molar-refractivity contribution >= 4 is 28.9 Å². The molecule has 0 aromatic heterocycles. The maximum Gasteiger partial charge on any atom is 0.231 e. The van der Waals surface area contributed by atoms with Gasteiger partial charge in [-0.25, -0.2) is 0 Å². The fourth-order valence-electron chi connectivity index (χ4n) is 3.26. The van der Waals surface area contributed by atoms with Gasteiger partial charge in [-0.05, 0) is 37.1 Å². The Morgan fingerprint density at radius 3 is 2.50 bits per heavy atom. The number of para-hydroxylation sites is 3. The largest absolute Gasteiger partial charge is 0.397 e. The van der Waals surface area contributed by atoms with Crippen LogP contribution in [0.15, 0.2) is 54.6 Å². The molecule has 1 heterocycles. The molecule has 1 unspecified atom stereocenters. The number of carbonyl (C=O) groups excluding carboxylic acids is 2. The SMILES string of the molecule is Nc1ccccc1N1CC(CCCCCC(=O)Nc2ccccc2)C1=O. The minimum Gasteiger partial charge on any atom is -0.397 e. The van der Waals surface area contributed by atoms with E-state index >= 15 is 0 Å². The van der Waals surface area contributed by atoms with E-state index in [1.807, 2.05) is 54.6 Å². The first-order valence-corrected chi connectivity index (χ1v) is 9.16. The van der Waals surface area contributed by atoms with Crippen LogP contribution in [0.2, 0.25) is 0 Å². The Kier molecular flexibility index (Phi) is 5.89. The maximum atomic E-state index is 12.3. The second-order valence-electron chi connectivity index (χ2n) is 6.72. The van der Waals surface area contributed by atoms with Crippen molar-refractivity contribution in [2.24, 2.45) is 5.92 Å². The van der Waals surface area contributed by atoms with Crippen molar-refractivity contribution in [2.45, 2.75) is 32.1 Å². The molecule has 5 nitrogen and oxygen atoms in total. The third kappa shape index (κ3) is 4.42. The summed E-state index contributed by atoms with van der Waals surface area (Å²) in [6.45, 7) is 0.738. The van der Waals surface area contributed by atoms with Gasteiger partial charge in [-0.3, -0.25) is 9.59 Å². The van der Waals surface area contributed by atoms with Crippen molar-refractivity contribution in [1.29, 1.82) is 0 Å². The molecule has 3 rings (SSSR count). The number of benzene rings is 2. The normalized spacial score (nSPS) is 16.2. The molecule has 0 radical (unpaired) electrons. The van der Waals surface area contributed by atoms with Crippen molar-refractivity contribution in [3.8, 4) is 0 Å². The molecule has 136 valence electrons. The van der Waals surface area contributed by atoms with Crippen LogP contribution in [-0.4, -0.2) is 18.4 Å². The molecule has 2 amide bonds. The summed E-state index contributed by atoms with van der Waals surface area (Å²) in [7, 11) is 0. The van der Waals surface area contributed by atoms with Crippen molar-refractivity contribution in [2.75, 3.05) is 22.5 Å². The summed E-state index contributed by atoms with van der Waals surface area (Å²) in [5.74, 6) is 0.291. The molecule has 2 aromatic carbocycles. The second-order valence-corrected chi connectivity index (χ2v) is 6.72. The monoisotopic (exact) mass is 351 g/mol. The number of carbonyl (C=O) groups is 2. The molecule has 1 atom stereocenters. The average molecular weight is 351 g/mol. The van der Waals surface area contributed by atoms with E-state index in [9.17, 15) is 9.59 Å². The zero-order valence-electron chi connectivity index (χ0n) is 14.9. The van der Waals surface area contributed by atoms with E-state index in [1.165, 1.54) is 0 Å². The van der Waals surface area contributed by atoms with Crippen molar-refractivity contribution in [1.82, 2.24) is 0 Å². The summed E-state index contributed by atoms with van der Waals surface area (Å²) < 4.78 is 0. The minimum atomic E-state index is 0.0432. The number of nitrogens with one attached hydrogen (secondary N) is 1. The molecule has 2 aromatic rings. The predicted octanol–water partition coefficient (Wildman–Crippen LogP) is 3.82. The van der Waals surface area contributed by atoms with Gasteiger partial charge in [0.25, 0.3) is 0 Å². The van der Waals surface area contributed by atoms with Gasteiger partial charge >= 0.3 is 0 Å². The minimum absolute atomic E-state index is 0.0432. The van der Waals surface area contributed by atoms with E-state index in [0.717, 1.165) is 43.6 Å². The van der Waals surface area contributed by atoms with Crippen molar-refractivity contribution < 1.29 is 9.59 Å². The lowest BCUT2D eigenvalue weighted by molar-refractivity contribution is -0.127. The molecule has 1 fully saturated rings. The summed E-state index contributed by atoms with van der Waals surface area (Å²) in [4.78, 5) is 25.9. The molecule has 26 heavy (non-hydrogen) atoms. The van der Waals surface area contributed by atoms with Crippen LogP contribution in [0.1, 0.15) is 32.1 Å². The first kappa shape index (κ1) is 18.0. The highest BCUT2D eigenvalue weighted by Crippen LogP contribution is 2.32. The lowest BCUT2D eigenvalue weighted by atomic mass is 9.91. The lowest BCUT2D eigenvalue weighted by Crippen LogP contribution is -2.52. The summed E-state index contributed by atoms with van der Waals surface area (Å²) >= 11 is 0. The van der Waals surface area contributed by atoms with Gasteiger partial charge in [0.05, 0.1) is 17.3 Å². The fraction of sp³-hybridized carbons (Fsp3) is 0.333. The number of unbranched alkanes of at least 4 members (excludes halogenated alkanes) is 2. The van der Waals surface area contributed by atoms with Crippen molar-refractivity contribution in [3.05, 3.63) is 54.6 Å². The molecule has 0 spiro atoms. The summed E-state index contributed by atoms with van der Waals surface area (Å²) in [5.41, 5.74) is 8.22. The highest BCUT2D eigenvalue weighted by molar-refractivity contribution is 6.03. The van der Waals surface area contributed by atoms with E-state index in [0.29, 0.717) is 12.1 Å². The first-order valence-electron chi connectivity index (χ1n) is 9.16. The molecule has 3 N–H and O–H groups in total. The number of amides is 2. The van der Waals surface area contributed by atoms with Gasteiger partial charge in [0.2, 0.25) is 11.8 Å². The number of hydrogen-bond donors (Lipinski definition) is 2. The Morgan fingerprint density at radius 2 is 1.77 bits per heavy atom. The van der Waals surface area contributed by atoms with Crippen LogP contribution in [0.3, 0.4) is 0 Å². The van der Waals surface area contributed by atoms with Crippen LogP contribution in [0, 0.1) is 5.92 Å². The second kappa shape index (κ2) is 8.52. The quantitative estimate of drug-likeness (QED) is 0.431. The third-order valence-electron chi connectivity index (χ3n) is 4.76. The van der Waals surface area contributed by atoms with Crippen LogP contribution in [-0.2, 0) is 9.59 Å². The van der Waals surface area contributed by atoms with Gasteiger partial charge in [0.1, 0.15) is 0 Å². The number of rotatable bonds is 8. The Bertz CT molecular complexity index is 761. The Hall–Kier alpha value is -2.82. The fourth-order valence-corrected chi connectivity index (χ4v) is 3.26. The van der Waals surface area contributed by atoms with E-state index < -0.39 is 0 Å². The van der Waals surface area contributed by atoms with Gasteiger partial charge in [0, 0.05) is 18.7 Å². The van der Waals surface area contributed by atoms with Crippen molar-refractivity contribution in [3.63, 3.8) is 0 Å². The third-order valence-corrected chi connectivity index (χ3v) is 4.76. The summed E-state index contributed by atoms with van der Waals surface area (Å²) in [6, 6.07) is 16.9. The van der Waals surface area contributed by atoms with E-state index in [1.54, 1.807) is 4.90 Å². The first-order chi connectivity index (χ1) is 12.6. The van der Waals surface area contributed by atoms with Crippen LogP contribution in [0.25, 0.3) is 0 Å². The van der Waals surface area contributed by atoms with Crippen LogP contribution >= 0.6 is 0 Å². The molecule has 1 aliphatic heterocycles. The molecule has 0 aliphatic carbocycles. The standard InChI is InChI=1S/C21H25N3O2/c22-18-12-7-8-13-19(18)24-15-16(21(24)26)9-3-1-6-14-20(25)23-17-10-4-2-5-11-17/h2,4-5,7-8,10-13,16H,1,3,6,9,14-15,22H2,(H,23,25). The molecular weight excluding hydrogens is 326 g/mol. The highest BCUT2D eigenvalue weighted by Gasteiger charge is 2.37. The number of hydrogen-bond acceptors (Lipinski definition) is 3. The average Bonchev–Trinajstić information content (AvgIpc) is 2.65. The van der Waals surface area contributed by atoms with E-state index in [2.05, 4.69) is 5.32 Å². The highest BCUT2D eigenvalue weighted by atomic mass is 16.2. The Morgan fingerprint density at radius 1 is 1.04 bits per heavy atom. The number of anilines is 3. The molecule has 0 bridgehead atoms. The molecular formula is C21H25N3O2. The Labute approximate surface area is 154 Å². The molecule has 1 aliphatic rings. The summed E-state index contributed by atoms with van der Waals surface area (Å²) in [6.07, 6.45) is 4.16. The Balaban J connectivity index is 1.31. The van der Waals surface area contributed by atoms with Gasteiger partial charge in [-0.15, -0.1) is 0 Å². The van der Waals surface area contributed by atoms with Gasteiger partial charge < -0.3 is 16.0 Å². The van der Waals surface area contributed by atoms with Crippen LogP contribution in [0.5, 0.6) is 0 Å². The molecule has 5 heteroatoms. The predicted molar refractivity (Wildman–Crippen MR) is 105 cm³/mol. The molecule has 1 saturated heterocycles. The number of nitrogens with zero attached hydrogens (tertiary/aromatic N) is 1. The lowest BCUT2D eigenvalue weighted by Gasteiger charge is -2.39. The smallest absolute Gasteiger partial charge is 0.231 e. The maximum absolute atomic E-state index is 12.3. The van der Waals surface area contributed by atoms with E-state index in [4.69, 9.17) is 5.73 Å². The topological polar surface area (TPSA) is 75.4 Å². The number of nitrogen functional groups attached to an aromatic ring is 1. The van der Waals surface area contributed by atoms with Crippen LogP contribution < -0.4 is 16.0 Å². The zero-order valence-corrected chi connectivity index (χ0v) is 14.9. The van der Waals surface area contributed by atoms with E-state index in [-0.39, 0.29) is 17.7 Å². The van der Waals surface area contributed by atoms with Gasteiger partial charge in [0.15, 0.2) is 0 Å². The summed E-state index contributed by atoms with van der Waals surface area (Å²) in [5, 5.41) is 2.89. The van der Waals surface area contributed by atoms with Gasteiger partial charge in [-0.2, -0.15) is 0 Å². The molecule has 0 saturated carbocycles. The van der Waals surface area contributed by atoms with Crippen LogP contribution in [0.4, 0.5) is 17.1 Å². The van der Waals surface area contributed by atoms with Gasteiger partial charge in [-0.1, -0.05) is 43.2 Å². The number of β-lactam (4-membered cyclic amide) rings is 1. The zero-order chi connectivity index (χ0) is 18.4. The number of nitrogens with two attached hydrogens (primary N) is 1.